The molecule has 2 aromatic carbocycles. The predicted octanol–water partition coefficient (Wildman–Crippen LogP) is 4.29. The fourth-order valence-electron chi connectivity index (χ4n) is 6.45. The van der Waals surface area contributed by atoms with Crippen LogP contribution in [0.25, 0.3) is 11.0 Å². The Kier molecular flexibility index (Phi) is 5.47. The lowest BCUT2D eigenvalue weighted by atomic mass is 9.65. The molecule has 1 aliphatic heterocycles. The van der Waals surface area contributed by atoms with Crippen molar-refractivity contribution < 1.29 is 4.79 Å². The Morgan fingerprint density at radius 3 is 2.41 bits per heavy atom. The number of benzene rings is 2. The van der Waals surface area contributed by atoms with Gasteiger partial charge in [0.05, 0.1) is 17.6 Å². The second-order valence-electron chi connectivity index (χ2n) is 11.1. The first-order valence-electron chi connectivity index (χ1n) is 11.8. The Labute approximate surface area is 203 Å². The van der Waals surface area contributed by atoms with Crippen LogP contribution in [0.15, 0.2) is 58.1 Å². The summed E-state index contributed by atoms with van der Waals surface area (Å²) in [5, 5.41) is 0.448. The molecule has 0 unspecified atom stereocenters. The van der Waals surface area contributed by atoms with Gasteiger partial charge < -0.3 is 4.90 Å². The highest BCUT2D eigenvalue weighted by Gasteiger charge is 2.50. The van der Waals surface area contributed by atoms with Crippen LogP contribution in [0.3, 0.4) is 0 Å². The van der Waals surface area contributed by atoms with Gasteiger partial charge in [-0.2, -0.15) is 0 Å². The summed E-state index contributed by atoms with van der Waals surface area (Å²) in [5.74, 6) is -0.116. The van der Waals surface area contributed by atoms with Crippen LogP contribution in [0.1, 0.15) is 45.6 Å². The summed E-state index contributed by atoms with van der Waals surface area (Å²) in [6.07, 6.45) is 3.02. The molecule has 0 spiro atoms. The molecular formula is C27H30ClN3O3. The Morgan fingerprint density at radius 1 is 0.971 bits per heavy atom. The average molecular weight is 480 g/mol. The lowest BCUT2D eigenvalue weighted by Crippen LogP contribution is -2.45. The minimum Gasteiger partial charge on any atom is -0.338 e. The minimum atomic E-state index is -0.701. The molecule has 178 valence electrons. The van der Waals surface area contributed by atoms with E-state index in [1.54, 1.807) is 18.2 Å². The van der Waals surface area contributed by atoms with Crippen molar-refractivity contribution in [1.29, 1.82) is 0 Å². The van der Waals surface area contributed by atoms with Crippen LogP contribution in [-0.2, 0) is 17.9 Å². The maximum Gasteiger partial charge on any atom is 0.317 e. The third-order valence-corrected chi connectivity index (χ3v) is 7.64. The van der Waals surface area contributed by atoms with Crippen molar-refractivity contribution in [2.75, 3.05) is 6.54 Å². The van der Waals surface area contributed by atoms with E-state index in [-0.39, 0.29) is 35.9 Å². The van der Waals surface area contributed by atoms with Crippen molar-refractivity contribution in [3.8, 4) is 0 Å². The molecule has 2 atom stereocenters. The number of nitrogens with zero attached hydrogens (tertiary/aromatic N) is 3. The first-order valence-corrected chi connectivity index (χ1v) is 12.2. The first kappa shape index (κ1) is 22.9. The molecule has 34 heavy (non-hydrogen) atoms. The van der Waals surface area contributed by atoms with Gasteiger partial charge in [0.25, 0.3) is 0 Å². The molecule has 1 amide bonds. The molecule has 3 aromatic rings. The molecule has 6 nitrogen and oxygen atoms in total. The summed E-state index contributed by atoms with van der Waals surface area (Å²) in [6, 6.07) is 14.8. The van der Waals surface area contributed by atoms with Gasteiger partial charge in [0.2, 0.25) is 5.91 Å². The molecule has 1 aliphatic carbocycles. The van der Waals surface area contributed by atoms with Crippen molar-refractivity contribution in [2.45, 2.75) is 59.2 Å². The van der Waals surface area contributed by atoms with E-state index in [2.05, 4.69) is 20.8 Å². The van der Waals surface area contributed by atoms with Crippen LogP contribution < -0.4 is 11.1 Å². The van der Waals surface area contributed by atoms with Crippen molar-refractivity contribution in [1.82, 2.24) is 14.0 Å². The van der Waals surface area contributed by atoms with Crippen LogP contribution in [0.4, 0.5) is 0 Å². The largest absolute Gasteiger partial charge is 0.338 e. The zero-order valence-corrected chi connectivity index (χ0v) is 20.6. The van der Waals surface area contributed by atoms with E-state index in [4.69, 9.17) is 11.6 Å². The van der Waals surface area contributed by atoms with Gasteiger partial charge in [0.1, 0.15) is 6.54 Å². The van der Waals surface area contributed by atoms with Gasteiger partial charge in [0.15, 0.2) is 0 Å². The van der Waals surface area contributed by atoms with Gasteiger partial charge in [-0.3, -0.25) is 23.5 Å². The van der Waals surface area contributed by atoms with E-state index < -0.39 is 11.1 Å². The maximum atomic E-state index is 13.5. The standard InChI is InChI=1S/C27H30ClN3O3/c1-26(2)12-20-13-27(3,16-26)17-31(20)23(32)15-30-22-11-19(28)9-10-21(22)29(24(33)25(30)34)14-18-7-5-4-6-8-18/h4-11,20H,12-17H2,1-3H3/t20-,27-/m1/s1. The van der Waals surface area contributed by atoms with Gasteiger partial charge in [-0.1, -0.05) is 62.7 Å². The summed E-state index contributed by atoms with van der Waals surface area (Å²) >= 11 is 6.28. The molecule has 2 heterocycles. The predicted molar refractivity (Wildman–Crippen MR) is 134 cm³/mol. The van der Waals surface area contributed by atoms with E-state index in [0.29, 0.717) is 22.6 Å². The Bertz CT molecular complexity index is 1390. The van der Waals surface area contributed by atoms with Crippen molar-refractivity contribution in [3.05, 3.63) is 79.8 Å². The lowest BCUT2D eigenvalue weighted by Gasteiger charge is -2.39. The van der Waals surface area contributed by atoms with Gasteiger partial charge >= 0.3 is 11.1 Å². The average Bonchev–Trinajstić information content (AvgIpc) is 3.03. The van der Waals surface area contributed by atoms with Crippen LogP contribution in [0, 0.1) is 10.8 Å². The quantitative estimate of drug-likeness (QED) is 0.524. The number of halogens is 1. The van der Waals surface area contributed by atoms with E-state index in [1.165, 1.54) is 9.13 Å². The molecule has 1 aromatic heterocycles. The number of carbonyl (C=O) groups excluding carboxylic acids is 1. The Hall–Kier alpha value is -2.86. The van der Waals surface area contributed by atoms with Gasteiger partial charge in [-0.15, -0.1) is 0 Å². The molecule has 7 heteroatoms. The SMILES string of the molecule is CC1(C)C[C@@H]2C[C@@](C)(CN2C(=O)Cn2c(=O)c(=O)n(Cc3ccccc3)c3ccc(Cl)cc32)C1. The number of rotatable bonds is 4. The number of aromatic nitrogens is 2. The zero-order chi connectivity index (χ0) is 24.3. The second kappa shape index (κ2) is 8.12. The third kappa shape index (κ3) is 4.09. The Morgan fingerprint density at radius 2 is 1.68 bits per heavy atom. The monoisotopic (exact) mass is 479 g/mol. The minimum absolute atomic E-state index is 0.0947. The zero-order valence-electron chi connectivity index (χ0n) is 19.9. The highest BCUT2D eigenvalue weighted by atomic mass is 35.5. The first-order chi connectivity index (χ1) is 16.1. The van der Waals surface area contributed by atoms with Crippen LogP contribution in [-0.4, -0.2) is 32.5 Å². The second-order valence-corrected chi connectivity index (χ2v) is 11.6. The summed E-state index contributed by atoms with van der Waals surface area (Å²) in [7, 11) is 0. The van der Waals surface area contributed by atoms with Gasteiger partial charge in [0, 0.05) is 17.6 Å². The molecule has 2 bridgehead atoms. The van der Waals surface area contributed by atoms with Crippen LogP contribution in [0.5, 0.6) is 0 Å². The summed E-state index contributed by atoms with van der Waals surface area (Å²) in [4.78, 5) is 41.9. The van der Waals surface area contributed by atoms with Crippen LogP contribution in [0.2, 0.25) is 5.02 Å². The number of hydrogen-bond acceptors (Lipinski definition) is 3. The lowest BCUT2D eigenvalue weighted by molar-refractivity contribution is -0.133. The van der Waals surface area contributed by atoms with E-state index >= 15 is 0 Å². The number of carbonyl (C=O) groups is 1. The summed E-state index contributed by atoms with van der Waals surface area (Å²) < 4.78 is 2.78. The molecular weight excluding hydrogens is 450 g/mol. The van der Waals surface area contributed by atoms with Gasteiger partial charge in [-0.25, -0.2) is 0 Å². The molecule has 2 fully saturated rings. The maximum absolute atomic E-state index is 13.5. The van der Waals surface area contributed by atoms with E-state index in [9.17, 15) is 14.4 Å². The van der Waals surface area contributed by atoms with E-state index in [0.717, 1.165) is 24.8 Å². The Balaban J connectivity index is 1.54. The smallest absolute Gasteiger partial charge is 0.317 e. The van der Waals surface area contributed by atoms with E-state index in [1.807, 2.05) is 35.2 Å². The van der Waals surface area contributed by atoms with Crippen molar-refractivity contribution in [2.24, 2.45) is 10.8 Å². The fourth-order valence-corrected chi connectivity index (χ4v) is 6.61. The molecule has 2 aliphatic rings. The highest BCUT2D eigenvalue weighted by molar-refractivity contribution is 6.31. The number of likely N-dealkylation sites (tertiary alicyclic amines) is 1. The number of amides is 1. The topological polar surface area (TPSA) is 64.3 Å². The number of hydrogen-bond donors (Lipinski definition) is 0. The van der Waals surface area contributed by atoms with Crippen LogP contribution >= 0.6 is 11.6 Å². The molecule has 0 N–H and O–H groups in total. The third-order valence-electron chi connectivity index (χ3n) is 7.40. The van der Waals surface area contributed by atoms with Crippen molar-refractivity contribution in [3.63, 3.8) is 0 Å². The van der Waals surface area contributed by atoms with Crippen molar-refractivity contribution >= 4 is 28.5 Å². The normalized spacial score (nSPS) is 23.4. The summed E-state index contributed by atoms with van der Waals surface area (Å²) in [6.45, 7) is 7.57. The molecule has 1 saturated carbocycles. The fraction of sp³-hybridized carbons (Fsp3) is 0.444. The summed E-state index contributed by atoms with van der Waals surface area (Å²) in [5.41, 5.74) is 0.926. The number of fused-ring (bicyclic) bond motifs is 3. The molecule has 5 rings (SSSR count). The molecule has 1 saturated heterocycles. The van der Waals surface area contributed by atoms with Gasteiger partial charge in [-0.05, 0) is 53.9 Å². The highest BCUT2D eigenvalue weighted by Crippen LogP contribution is 2.52. The molecule has 0 radical (unpaired) electrons.